The van der Waals surface area contributed by atoms with Crippen molar-refractivity contribution in [3.05, 3.63) is 46.7 Å². The number of hydrogen-bond donors (Lipinski definition) is 2. The van der Waals surface area contributed by atoms with E-state index in [1.807, 2.05) is 0 Å². The van der Waals surface area contributed by atoms with Crippen LogP contribution in [0.5, 0.6) is 0 Å². The van der Waals surface area contributed by atoms with Crippen LogP contribution in [0.15, 0.2) is 41.1 Å². The molecule has 0 fully saturated rings. The molecule has 0 spiro atoms. The molecular weight excluding hydrogens is 335 g/mol. The Labute approximate surface area is 122 Å². The molecule has 20 heavy (non-hydrogen) atoms. The molecule has 0 saturated carbocycles. The predicted octanol–water partition coefficient (Wildman–Crippen LogP) is 4.65. The Morgan fingerprint density at radius 2 is 1.75 bits per heavy atom. The predicted molar refractivity (Wildman–Crippen MR) is 76.2 cm³/mol. The summed E-state index contributed by atoms with van der Waals surface area (Å²) in [5.41, 5.74) is 0.992. The van der Waals surface area contributed by atoms with E-state index in [4.69, 9.17) is 0 Å². The van der Waals surface area contributed by atoms with Gasteiger partial charge in [0.1, 0.15) is 0 Å². The summed E-state index contributed by atoms with van der Waals surface area (Å²) < 4.78 is 38.4. The van der Waals surface area contributed by atoms with Crippen LogP contribution >= 0.6 is 15.9 Å². The van der Waals surface area contributed by atoms with E-state index < -0.39 is 11.7 Å². The lowest BCUT2D eigenvalue weighted by atomic mass is 10.2. The van der Waals surface area contributed by atoms with Gasteiger partial charge in [-0.2, -0.15) is 13.2 Å². The van der Waals surface area contributed by atoms with Crippen molar-refractivity contribution in [1.29, 1.82) is 0 Å². The Morgan fingerprint density at radius 1 is 1.05 bits per heavy atom. The van der Waals surface area contributed by atoms with Crippen molar-refractivity contribution >= 4 is 33.0 Å². The molecule has 0 atom stereocenters. The SMILES string of the molecule is CNc1cncc(Nc2ccc(Br)c(C(F)(F)F)c2)c1. The van der Waals surface area contributed by atoms with E-state index >= 15 is 0 Å². The number of aromatic nitrogens is 1. The van der Waals surface area contributed by atoms with Crippen LogP contribution in [-0.4, -0.2) is 12.0 Å². The highest BCUT2D eigenvalue weighted by atomic mass is 79.9. The third kappa shape index (κ3) is 3.41. The quantitative estimate of drug-likeness (QED) is 0.850. The van der Waals surface area contributed by atoms with Crippen LogP contribution in [0.4, 0.5) is 30.2 Å². The Hall–Kier alpha value is -1.76. The Balaban J connectivity index is 2.30. The van der Waals surface area contributed by atoms with Crippen LogP contribution in [-0.2, 0) is 6.18 Å². The van der Waals surface area contributed by atoms with E-state index in [-0.39, 0.29) is 4.47 Å². The maximum Gasteiger partial charge on any atom is 0.417 e. The molecule has 0 aliphatic carbocycles. The first-order valence-electron chi connectivity index (χ1n) is 5.67. The molecule has 1 aromatic heterocycles. The number of alkyl halides is 3. The van der Waals surface area contributed by atoms with E-state index in [0.717, 1.165) is 11.8 Å². The van der Waals surface area contributed by atoms with Crippen molar-refractivity contribution in [2.45, 2.75) is 6.18 Å². The monoisotopic (exact) mass is 345 g/mol. The van der Waals surface area contributed by atoms with Crippen molar-refractivity contribution in [2.75, 3.05) is 17.7 Å². The summed E-state index contributed by atoms with van der Waals surface area (Å²) in [6, 6.07) is 5.73. The van der Waals surface area contributed by atoms with Gasteiger partial charge < -0.3 is 10.6 Å². The Morgan fingerprint density at radius 3 is 2.40 bits per heavy atom. The van der Waals surface area contributed by atoms with Crippen LogP contribution in [0, 0.1) is 0 Å². The van der Waals surface area contributed by atoms with Crippen molar-refractivity contribution < 1.29 is 13.2 Å². The highest BCUT2D eigenvalue weighted by Gasteiger charge is 2.33. The first-order chi connectivity index (χ1) is 9.40. The van der Waals surface area contributed by atoms with Crippen LogP contribution in [0.1, 0.15) is 5.56 Å². The second-order valence-electron chi connectivity index (χ2n) is 4.03. The molecule has 2 rings (SSSR count). The van der Waals surface area contributed by atoms with E-state index in [1.54, 1.807) is 25.4 Å². The van der Waals surface area contributed by atoms with Crippen LogP contribution in [0.3, 0.4) is 0 Å². The van der Waals surface area contributed by atoms with Crippen LogP contribution in [0.2, 0.25) is 0 Å². The second kappa shape index (κ2) is 5.70. The number of nitrogens with one attached hydrogen (secondary N) is 2. The third-order valence-electron chi connectivity index (χ3n) is 2.59. The molecule has 0 aliphatic heterocycles. The van der Waals surface area contributed by atoms with Crippen molar-refractivity contribution in [3.8, 4) is 0 Å². The van der Waals surface area contributed by atoms with E-state index in [2.05, 4.69) is 31.5 Å². The van der Waals surface area contributed by atoms with Gasteiger partial charge in [-0.3, -0.25) is 4.98 Å². The summed E-state index contributed by atoms with van der Waals surface area (Å²) in [5, 5.41) is 5.80. The summed E-state index contributed by atoms with van der Waals surface area (Å²) in [7, 11) is 1.74. The first kappa shape index (κ1) is 14.6. The molecule has 1 aromatic carbocycles. The summed E-state index contributed by atoms with van der Waals surface area (Å²) >= 11 is 2.90. The second-order valence-corrected chi connectivity index (χ2v) is 4.88. The number of nitrogens with zero attached hydrogens (tertiary/aromatic N) is 1. The molecule has 0 saturated heterocycles. The standard InChI is InChI=1S/C13H11BrF3N3/c1-18-9-4-10(7-19-6-9)20-8-2-3-12(14)11(5-8)13(15,16)17/h2-7,18,20H,1H3. The zero-order valence-corrected chi connectivity index (χ0v) is 12.0. The lowest BCUT2D eigenvalue weighted by Gasteiger charge is -2.13. The molecule has 3 nitrogen and oxygen atoms in total. The number of hydrogen-bond acceptors (Lipinski definition) is 3. The average molecular weight is 346 g/mol. The fraction of sp³-hybridized carbons (Fsp3) is 0.154. The maximum atomic E-state index is 12.8. The minimum atomic E-state index is -4.40. The van der Waals surface area contributed by atoms with Crippen LogP contribution < -0.4 is 10.6 Å². The number of pyridine rings is 1. The molecule has 0 aliphatic rings. The van der Waals surface area contributed by atoms with E-state index in [0.29, 0.717) is 11.4 Å². The number of anilines is 3. The number of benzene rings is 1. The van der Waals surface area contributed by atoms with Crippen molar-refractivity contribution in [2.24, 2.45) is 0 Å². The van der Waals surface area contributed by atoms with Gasteiger partial charge in [-0.1, -0.05) is 15.9 Å². The Kier molecular flexibility index (Phi) is 4.17. The van der Waals surface area contributed by atoms with Crippen LogP contribution in [0.25, 0.3) is 0 Å². The topological polar surface area (TPSA) is 37.0 Å². The summed E-state index contributed by atoms with van der Waals surface area (Å²) in [4.78, 5) is 3.98. The zero-order chi connectivity index (χ0) is 14.8. The highest BCUT2D eigenvalue weighted by Crippen LogP contribution is 2.36. The minimum Gasteiger partial charge on any atom is -0.387 e. The summed E-state index contributed by atoms with van der Waals surface area (Å²) in [6.07, 6.45) is -1.24. The third-order valence-corrected chi connectivity index (χ3v) is 3.28. The van der Waals surface area contributed by atoms with E-state index in [9.17, 15) is 13.2 Å². The first-order valence-corrected chi connectivity index (χ1v) is 6.46. The minimum absolute atomic E-state index is 0.0117. The molecule has 0 radical (unpaired) electrons. The average Bonchev–Trinajstić information content (AvgIpc) is 2.40. The fourth-order valence-corrected chi connectivity index (χ4v) is 2.10. The molecule has 2 N–H and O–H groups in total. The highest BCUT2D eigenvalue weighted by molar-refractivity contribution is 9.10. The van der Waals surface area contributed by atoms with Crippen molar-refractivity contribution in [1.82, 2.24) is 4.98 Å². The summed E-state index contributed by atoms with van der Waals surface area (Å²) in [6.45, 7) is 0. The summed E-state index contributed by atoms with van der Waals surface area (Å²) in [5.74, 6) is 0. The number of rotatable bonds is 3. The molecule has 7 heteroatoms. The fourth-order valence-electron chi connectivity index (χ4n) is 1.63. The normalized spacial score (nSPS) is 11.2. The van der Waals surface area contributed by atoms with Gasteiger partial charge in [-0.15, -0.1) is 0 Å². The zero-order valence-electron chi connectivity index (χ0n) is 10.4. The van der Waals surface area contributed by atoms with Gasteiger partial charge in [0.05, 0.1) is 29.3 Å². The largest absolute Gasteiger partial charge is 0.417 e. The Bertz CT molecular complexity index is 614. The molecule has 0 unspecified atom stereocenters. The van der Waals surface area contributed by atoms with Crippen molar-refractivity contribution in [3.63, 3.8) is 0 Å². The molecule has 2 aromatic rings. The molecule has 0 amide bonds. The van der Waals surface area contributed by atoms with Gasteiger partial charge in [0.15, 0.2) is 0 Å². The molecular formula is C13H11BrF3N3. The lowest BCUT2D eigenvalue weighted by molar-refractivity contribution is -0.138. The van der Waals surface area contributed by atoms with Gasteiger partial charge in [-0.25, -0.2) is 0 Å². The smallest absolute Gasteiger partial charge is 0.387 e. The van der Waals surface area contributed by atoms with Gasteiger partial charge in [0.25, 0.3) is 0 Å². The van der Waals surface area contributed by atoms with Gasteiger partial charge in [-0.05, 0) is 24.3 Å². The van der Waals surface area contributed by atoms with Gasteiger partial charge in [0, 0.05) is 17.2 Å². The molecule has 0 bridgehead atoms. The lowest BCUT2D eigenvalue weighted by Crippen LogP contribution is -2.06. The maximum absolute atomic E-state index is 12.8. The van der Waals surface area contributed by atoms with Gasteiger partial charge >= 0.3 is 6.18 Å². The molecule has 106 valence electrons. The molecule has 1 heterocycles. The van der Waals surface area contributed by atoms with E-state index in [1.165, 1.54) is 12.3 Å². The van der Waals surface area contributed by atoms with Gasteiger partial charge in [0.2, 0.25) is 0 Å². The number of halogens is 4.